The Labute approximate surface area is 112 Å². The average molecular weight is 255 g/mol. The molecule has 19 heavy (non-hydrogen) atoms. The van der Waals surface area contributed by atoms with Gasteiger partial charge in [-0.25, -0.2) is 0 Å². The molecule has 98 valence electrons. The van der Waals surface area contributed by atoms with Crippen LogP contribution in [0.15, 0.2) is 48.5 Å². The molecule has 0 unspecified atom stereocenters. The van der Waals surface area contributed by atoms with Crippen molar-refractivity contribution in [3.05, 3.63) is 65.2 Å². The van der Waals surface area contributed by atoms with Crippen molar-refractivity contribution in [1.82, 2.24) is 5.32 Å². The number of benzene rings is 2. The highest BCUT2D eigenvalue weighted by Crippen LogP contribution is 2.15. The zero-order valence-corrected chi connectivity index (χ0v) is 10.9. The predicted molar refractivity (Wildman–Crippen MR) is 75.3 cm³/mol. The molecule has 0 aliphatic carbocycles. The molecule has 0 heterocycles. The zero-order valence-electron chi connectivity index (χ0n) is 10.9. The van der Waals surface area contributed by atoms with Crippen LogP contribution < -0.4 is 5.32 Å². The number of phenols is 1. The normalized spacial score (nSPS) is 10.2. The Morgan fingerprint density at radius 3 is 2.53 bits per heavy atom. The lowest BCUT2D eigenvalue weighted by Crippen LogP contribution is -2.25. The van der Waals surface area contributed by atoms with Crippen molar-refractivity contribution < 1.29 is 9.90 Å². The quantitative estimate of drug-likeness (QED) is 0.882. The van der Waals surface area contributed by atoms with Crippen molar-refractivity contribution in [2.75, 3.05) is 6.54 Å². The second kappa shape index (κ2) is 6.05. The first kappa shape index (κ1) is 13.1. The molecule has 0 atom stereocenters. The molecule has 2 aromatic rings. The Hall–Kier alpha value is -2.29. The third-order valence-corrected chi connectivity index (χ3v) is 3.09. The molecular weight excluding hydrogens is 238 g/mol. The number of hydrogen-bond acceptors (Lipinski definition) is 2. The van der Waals surface area contributed by atoms with Crippen LogP contribution in [-0.2, 0) is 6.42 Å². The molecular formula is C16H17NO2. The van der Waals surface area contributed by atoms with Crippen LogP contribution in [0, 0.1) is 6.92 Å². The Balaban J connectivity index is 1.92. The molecule has 0 saturated carbocycles. The molecule has 1 amide bonds. The van der Waals surface area contributed by atoms with Crippen molar-refractivity contribution in [2.45, 2.75) is 13.3 Å². The minimum absolute atomic E-state index is 0.0101. The fourth-order valence-corrected chi connectivity index (χ4v) is 1.96. The standard InChI is InChI=1S/C16H17NO2/c1-12-6-2-3-7-13(12)10-11-17-16(19)14-8-4-5-9-15(14)18/h2-9,18H,10-11H2,1H3,(H,17,19). The number of carbonyl (C=O) groups is 1. The lowest BCUT2D eigenvalue weighted by atomic mass is 10.1. The van der Waals surface area contributed by atoms with Gasteiger partial charge in [0, 0.05) is 6.54 Å². The minimum atomic E-state index is -0.244. The number of phenolic OH excluding ortho intramolecular Hbond substituents is 1. The number of rotatable bonds is 4. The van der Waals surface area contributed by atoms with Crippen molar-refractivity contribution in [3.8, 4) is 5.75 Å². The molecule has 0 radical (unpaired) electrons. The summed E-state index contributed by atoms with van der Waals surface area (Å²) < 4.78 is 0. The van der Waals surface area contributed by atoms with E-state index in [0.29, 0.717) is 12.1 Å². The van der Waals surface area contributed by atoms with E-state index in [0.717, 1.165) is 6.42 Å². The summed E-state index contributed by atoms with van der Waals surface area (Å²) in [5.74, 6) is -0.234. The number of hydrogen-bond donors (Lipinski definition) is 2. The number of nitrogens with one attached hydrogen (secondary N) is 1. The van der Waals surface area contributed by atoms with Crippen molar-refractivity contribution in [2.24, 2.45) is 0 Å². The summed E-state index contributed by atoms with van der Waals surface area (Å²) in [5.41, 5.74) is 2.76. The van der Waals surface area contributed by atoms with E-state index in [1.54, 1.807) is 18.2 Å². The number of para-hydroxylation sites is 1. The summed E-state index contributed by atoms with van der Waals surface area (Å²) in [6, 6.07) is 14.7. The Bertz CT molecular complexity index is 578. The van der Waals surface area contributed by atoms with Crippen LogP contribution in [0.4, 0.5) is 0 Å². The topological polar surface area (TPSA) is 49.3 Å². The number of carbonyl (C=O) groups excluding carboxylic acids is 1. The highest BCUT2D eigenvalue weighted by Gasteiger charge is 2.09. The molecule has 0 bridgehead atoms. The van der Waals surface area contributed by atoms with Crippen LogP contribution in [0.2, 0.25) is 0 Å². The van der Waals surface area contributed by atoms with Gasteiger partial charge < -0.3 is 10.4 Å². The Kier molecular flexibility index (Phi) is 4.18. The van der Waals surface area contributed by atoms with Crippen LogP contribution in [-0.4, -0.2) is 17.6 Å². The second-order valence-electron chi connectivity index (χ2n) is 4.45. The SMILES string of the molecule is Cc1ccccc1CCNC(=O)c1ccccc1O. The lowest BCUT2D eigenvalue weighted by Gasteiger charge is -2.08. The highest BCUT2D eigenvalue weighted by molar-refractivity contribution is 5.96. The average Bonchev–Trinajstić information content (AvgIpc) is 2.41. The van der Waals surface area contributed by atoms with Crippen molar-refractivity contribution in [1.29, 1.82) is 0 Å². The van der Waals surface area contributed by atoms with E-state index in [2.05, 4.69) is 24.4 Å². The van der Waals surface area contributed by atoms with E-state index >= 15 is 0 Å². The van der Waals surface area contributed by atoms with Crippen LogP contribution in [0.5, 0.6) is 5.75 Å². The first-order valence-electron chi connectivity index (χ1n) is 6.29. The van der Waals surface area contributed by atoms with E-state index in [-0.39, 0.29) is 11.7 Å². The summed E-state index contributed by atoms with van der Waals surface area (Å²) >= 11 is 0. The third kappa shape index (κ3) is 3.35. The van der Waals surface area contributed by atoms with E-state index in [4.69, 9.17) is 0 Å². The first-order valence-corrected chi connectivity index (χ1v) is 6.29. The Morgan fingerprint density at radius 2 is 1.79 bits per heavy atom. The molecule has 3 heteroatoms. The monoisotopic (exact) mass is 255 g/mol. The number of amides is 1. The summed E-state index contributed by atoms with van der Waals surface area (Å²) in [6.45, 7) is 2.61. The highest BCUT2D eigenvalue weighted by atomic mass is 16.3. The van der Waals surface area contributed by atoms with E-state index < -0.39 is 0 Å². The molecule has 0 saturated heterocycles. The third-order valence-electron chi connectivity index (χ3n) is 3.09. The summed E-state index contributed by atoms with van der Waals surface area (Å²) in [5, 5.41) is 12.4. The molecule has 0 aliphatic rings. The molecule has 3 nitrogen and oxygen atoms in total. The minimum Gasteiger partial charge on any atom is -0.507 e. The number of aryl methyl sites for hydroxylation is 1. The van der Waals surface area contributed by atoms with Gasteiger partial charge in [0.1, 0.15) is 5.75 Å². The van der Waals surface area contributed by atoms with Crippen LogP contribution in [0.25, 0.3) is 0 Å². The van der Waals surface area contributed by atoms with E-state index in [9.17, 15) is 9.90 Å². The predicted octanol–water partition coefficient (Wildman–Crippen LogP) is 2.67. The van der Waals surface area contributed by atoms with Gasteiger partial charge in [0.15, 0.2) is 0 Å². The molecule has 2 aromatic carbocycles. The summed E-state index contributed by atoms with van der Waals surface area (Å²) in [6.07, 6.45) is 0.784. The molecule has 2 N–H and O–H groups in total. The van der Waals surface area contributed by atoms with Gasteiger partial charge in [-0.3, -0.25) is 4.79 Å². The van der Waals surface area contributed by atoms with Crippen molar-refractivity contribution >= 4 is 5.91 Å². The molecule has 0 fully saturated rings. The summed E-state index contributed by atoms with van der Waals surface area (Å²) in [7, 11) is 0. The van der Waals surface area contributed by atoms with Gasteiger partial charge in [-0.1, -0.05) is 36.4 Å². The first-order chi connectivity index (χ1) is 9.18. The fourth-order valence-electron chi connectivity index (χ4n) is 1.96. The van der Waals surface area contributed by atoms with Gasteiger partial charge in [-0.15, -0.1) is 0 Å². The van der Waals surface area contributed by atoms with Crippen LogP contribution in [0.1, 0.15) is 21.5 Å². The van der Waals surface area contributed by atoms with Gasteiger partial charge in [-0.2, -0.15) is 0 Å². The van der Waals surface area contributed by atoms with E-state index in [1.807, 2.05) is 12.1 Å². The zero-order chi connectivity index (χ0) is 13.7. The van der Waals surface area contributed by atoms with E-state index in [1.165, 1.54) is 17.2 Å². The van der Waals surface area contributed by atoms with Gasteiger partial charge in [0.05, 0.1) is 5.56 Å². The van der Waals surface area contributed by atoms with Gasteiger partial charge >= 0.3 is 0 Å². The Morgan fingerprint density at radius 1 is 1.11 bits per heavy atom. The maximum Gasteiger partial charge on any atom is 0.255 e. The molecule has 0 aromatic heterocycles. The summed E-state index contributed by atoms with van der Waals surface area (Å²) in [4.78, 5) is 11.9. The van der Waals surface area contributed by atoms with Gasteiger partial charge in [-0.05, 0) is 36.6 Å². The van der Waals surface area contributed by atoms with Gasteiger partial charge in [0.25, 0.3) is 5.91 Å². The van der Waals surface area contributed by atoms with Crippen LogP contribution in [0.3, 0.4) is 0 Å². The lowest BCUT2D eigenvalue weighted by molar-refractivity contribution is 0.0951. The molecule has 0 spiro atoms. The molecule has 0 aliphatic heterocycles. The maximum atomic E-state index is 11.9. The maximum absolute atomic E-state index is 11.9. The second-order valence-corrected chi connectivity index (χ2v) is 4.45. The number of aromatic hydroxyl groups is 1. The molecule has 2 rings (SSSR count). The smallest absolute Gasteiger partial charge is 0.255 e. The van der Waals surface area contributed by atoms with Crippen molar-refractivity contribution in [3.63, 3.8) is 0 Å². The largest absolute Gasteiger partial charge is 0.507 e. The van der Waals surface area contributed by atoms with Crippen LogP contribution >= 0.6 is 0 Å². The fraction of sp³-hybridized carbons (Fsp3) is 0.188. The van der Waals surface area contributed by atoms with Gasteiger partial charge in [0.2, 0.25) is 0 Å².